The van der Waals surface area contributed by atoms with E-state index in [9.17, 15) is 9.59 Å². The van der Waals surface area contributed by atoms with Gasteiger partial charge in [-0.05, 0) is 50.2 Å². The zero-order chi connectivity index (χ0) is 22.7. The quantitative estimate of drug-likeness (QED) is 0.600. The first-order chi connectivity index (χ1) is 15.3. The third kappa shape index (κ3) is 4.84. The molecule has 0 unspecified atom stereocenters. The molecule has 0 bridgehead atoms. The SMILES string of the molecule is CC(C)(CNC(=O)c1ccncc1)NC(=O)N1Cc2ccccc2Oc2ccc(Cl)cc21. The first-order valence-corrected chi connectivity index (χ1v) is 10.5. The largest absolute Gasteiger partial charge is 0.455 e. The van der Waals surface area contributed by atoms with E-state index in [0.29, 0.717) is 34.3 Å². The molecule has 1 aromatic heterocycles. The van der Waals surface area contributed by atoms with Crippen molar-refractivity contribution in [1.29, 1.82) is 0 Å². The number of amides is 3. The average molecular weight is 451 g/mol. The summed E-state index contributed by atoms with van der Waals surface area (Å²) in [7, 11) is 0. The summed E-state index contributed by atoms with van der Waals surface area (Å²) < 4.78 is 6.05. The number of hydrogen-bond donors (Lipinski definition) is 2. The molecule has 2 N–H and O–H groups in total. The standard InChI is InChI=1S/C24H23ClN4O3/c1-24(2,15-27-22(30)16-9-11-26-12-10-16)28-23(31)29-14-17-5-3-4-6-20(17)32-21-8-7-18(25)13-19(21)29/h3-13H,14-15H2,1-2H3,(H,27,30)(H,28,31). The van der Waals surface area contributed by atoms with Crippen LogP contribution in [0.1, 0.15) is 29.8 Å². The molecule has 3 amide bonds. The molecular weight excluding hydrogens is 428 g/mol. The minimum atomic E-state index is -0.717. The second kappa shape index (κ2) is 8.88. The Morgan fingerprint density at radius 3 is 2.62 bits per heavy atom. The smallest absolute Gasteiger partial charge is 0.322 e. The number of nitrogens with one attached hydrogen (secondary N) is 2. The number of carbonyl (C=O) groups excluding carboxylic acids is 2. The highest BCUT2D eigenvalue weighted by atomic mass is 35.5. The van der Waals surface area contributed by atoms with Gasteiger partial charge in [0.25, 0.3) is 5.91 Å². The van der Waals surface area contributed by atoms with Crippen LogP contribution in [0.15, 0.2) is 67.0 Å². The van der Waals surface area contributed by atoms with Gasteiger partial charge in [0.05, 0.1) is 17.8 Å². The predicted molar refractivity (Wildman–Crippen MR) is 123 cm³/mol. The average Bonchev–Trinajstić information content (AvgIpc) is 2.94. The van der Waals surface area contributed by atoms with Crippen LogP contribution >= 0.6 is 11.6 Å². The third-order valence-corrected chi connectivity index (χ3v) is 5.29. The Hall–Kier alpha value is -3.58. The van der Waals surface area contributed by atoms with Gasteiger partial charge in [-0.2, -0.15) is 0 Å². The van der Waals surface area contributed by atoms with Crippen molar-refractivity contribution >= 4 is 29.2 Å². The zero-order valence-corrected chi connectivity index (χ0v) is 18.5. The van der Waals surface area contributed by atoms with Crippen molar-refractivity contribution in [3.05, 3.63) is 83.1 Å². The van der Waals surface area contributed by atoms with Gasteiger partial charge in [-0.3, -0.25) is 14.7 Å². The van der Waals surface area contributed by atoms with Gasteiger partial charge in [0, 0.05) is 35.1 Å². The lowest BCUT2D eigenvalue weighted by atomic mass is 10.1. The number of aromatic nitrogens is 1. The van der Waals surface area contributed by atoms with Gasteiger partial charge in [0.2, 0.25) is 0 Å². The number of halogens is 1. The lowest BCUT2D eigenvalue weighted by Gasteiger charge is -2.31. The number of ether oxygens (including phenoxy) is 1. The molecule has 2 heterocycles. The highest BCUT2D eigenvalue weighted by molar-refractivity contribution is 6.31. The Morgan fingerprint density at radius 2 is 1.84 bits per heavy atom. The van der Waals surface area contributed by atoms with E-state index < -0.39 is 5.54 Å². The Labute approximate surface area is 191 Å². The normalized spacial score (nSPS) is 12.7. The molecular formula is C24H23ClN4O3. The first kappa shape index (κ1) is 21.6. The molecule has 1 aliphatic rings. The number of fused-ring (bicyclic) bond motifs is 2. The lowest BCUT2D eigenvalue weighted by Crippen LogP contribution is -2.55. The van der Waals surface area contributed by atoms with Gasteiger partial charge >= 0.3 is 6.03 Å². The number of nitrogens with zero attached hydrogens (tertiary/aromatic N) is 2. The summed E-state index contributed by atoms with van der Waals surface area (Å²) in [6.07, 6.45) is 3.12. The fraction of sp³-hybridized carbons (Fsp3) is 0.208. The lowest BCUT2D eigenvalue weighted by molar-refractivity contribution is 0.0942. The second-order valence-corrected chi connectivity index (χ2v) is 8.58. The molecule has 8 heteroatoms. The van der Waals surface area contributed by atoms with E-state index >= 15 is 0 Å². The Balaban J connectivity index is 1.52. The van der Waals surface area contributed by atoms with Gasteiger partial charge in [0.15, 0.2) is 5.75 Å². The maximum Gasteiger partial charge on any atom is 0.322 e. The number of hydrogen-bond acceptors (Lipinski definition) is 4. The molecule has 3 aromatic rings. The second-order valence-electron chi connectivity index (χ2n) is 8.14. The summed E-state index contributed by atoms with van der Waals surface area (Å²) in [4.78, 5) is 31.2. The minimum absolute atomic E-state index is 0.232. The topological polar surface area (TPSA) is 83.6 Å². The van der Waals surface area contributed by atoms with E-state index in [1.807, 2.05) is 38.1 Å². The molecule has 0 saturated carbocycles. The Kier molecular flexibility index (Phi) is 6.01. The van der Waals surface area contributed by atoms with Crippen molar-refractivity contribution < 1.29 is 14.3 Å². The van der Waals surface area contributed by atoms with Crippen LogP contribution in [-0.2, 0) is 6.54 Å². The Bertz CT molecular complexity index is 1150. The van der Waals surface area contributed by atoms with Crippen molar-refractivity contribution in [2.75, 3.05) is 11.4 Å². The van der Waals surface area contributed by atoms with E-state index in [0.717, 1.165) is 5.56 Å². The van der Waals surface area contributed by atoms with Crippen LogP contribution in [0, 0.1) is 0 Å². The highest BCUT2D eigenvalue weighted by Crippen LogP contribution is 2.40. The van der Waals surface area contributed by atoms with Gasteiger partial charge in [-0.25, -0.2) is 4.79 Å². The molecule has 0 atom stereocenters. The summed E-state index contributed by atoms with van der Waals surface area (Å²) in [5.74, 6) is 0.998. The summed E-state index contributed by atoms with van der Waals surface area (Å²) in [5, 5.41) is 6.37. The molecule has 0 radical (unpaired) electrons. The monoisotopic (exact) mass is 450 g/mol. The highest BCUT2D eigenvalue weighted by Gasteiger charge is 2.29. The van der Waals surface area contributed by atoms with E-state index in [1.165, 1.54) is 0 Å². The van der Waals surface area contributed by atoms with Gasteiger partial charge < -0.3 is 15.4 Å². The molecule has 0 aliphatic carbocycles. The van der Waals surface area contributed by atoms with Crippen LogP contribution in [0.25, 0.3) is 0 Å². The Morgan fingerprint density at radius 1 is 1.09 bits per heavy atom. The fourth-order valence-electron chi connectivity index (χ4n) is 3.38. The van der Waals surface area contributed by atoms with Crippen molar-refractivity contribution in [2.24, 2.45) is 0 Å². The van der Waals surface area contributed by atoms with E-state index in [1.54, 1.807) is 47.6 Å². The molecule has 2 aromatic carbocycles. The molecule has 164 valence electrons. The van der Waals surface area contributed by atoms with Crippen LogP contribution in [-0.4, -0.2) is 29.0 Å². The maximum absolute atomic E-state index is 13.4. The van der Waals surface area contributed by atoms with Crippen LogP contribution in [0.3, 0.4) is 0 Å². The molecule has 0 fully saturated rings. The number of rotatable bonds is 4. The molecule has 0 saturated heterocycles. The summed E-state index contributed by atoms with van der Waals surface area (Å²) in [6.45, 7) is 4.25. The third-order valence-electron chi connectivity index (χ3n) is 5.06. The molecule has 1 aliphatic heterocycles. The number of pyridine rings is 1. The van der Waals surface area contributed by atoms with E-state index in [-0.39, 0.29) is 18.5 Å². The van der Waals surface area contributed by atoms with Crippen molar-refractivity contribution in [2.45, 2.75) is 25.9 Å². The number of urea groups is 1. The summed E-state index contributed by atoms with van der Waals surface area (Å²) >= 11 is 6.22. The molecule has 0 spiro atoms. The van der Waals surface area contributed by atoms with Crippen LogP contribution in [0.5, 0.6) is 11.5 Å². The van der Waals surface area contributed by atoms with E-state index in [4.69, 9.17) is 16.3 Å². The van der Waals surface area contributed by atoms with Crippen LogP contribution < -0.4 is 20.3 Å². The number of carbonyl (C=O) groups is 2. The first-order valence-electron chi connectivity index (χ1n) is 10.2. The number of anilines is 1. The predicted octanol–water partition coefficient (Wildman–Crippen LogP) is 4.77. The maximum atomic E-state index is 13.4. The molecule has 7 nitrogen and oxygen atoms in total. The molecule has 32 heavy (non-hydrogen) atoms. The van der Waals surface area contributed by atoms with Crippen LogP contribution in [0.2, 0.25) is 5.02 Å². The van der Waals surface area contributed by atoms with Gasteiger partial charge in [-0.15, -0.1) is 0 Å². The van der Waals surface area contributed by atoms with Crippen LogP contribution in [0.4, 0.5) is 10.5 Å². The van der Waals surface area contributed by atoms with Gasteiger partial charge in [-0.1, -0.05) is 29.8 Å². The molecule has 4 rings (SSSR count). The summed E-state index contributed by atoms with van der Waals surface area (Å²) in [5.41, 5.74) is 1.24. The van der Waals surface area contributed by atoms with Crippen molar-refractivity contribution in [3.63, 3.8) is 0 Å². The van der Waals surface area contributed by atoms with Gasteiger partial charge in [0.1, 0.15) is 5.75 Å². The van der Waals surface area contributed by atoms with E-state index in [2.05, 4.69) is 15.6 Å². The minimum Gasteiger partial charge on any atom is -0.455 e. The van der Waals surface area contributed by atoms with Crippen molar-refractivity contribution in [1.82, 2.24) is 15.6 Å². The zero-order valence-electron chi connectivity index (χ0n) is 17.8. The summed E-state index contributed by atoms with van der Waals surface area (Å²) in [6, 6.07) is 15.7. The fourth-order valence-corrected chi connectivity index (χ4v) is 3.55. The number of para-hydroxylation sites is 1. The number of benzene rings is 2. The van der Waals surface area contributed by atoms with Crippen molar-refractivity contribution in [3.8, 4) is 11.5 Å².